The molecule has 3 aromatic rings. The van der Waals surface area contributed by atoms with Crippen molar-refractivity contribution in [1.29, 1.82) is 0 Å². The van der Waals surface area contributed by atoms with Crippen molar-refractivity contribution in [2.24, 2.45) is 10.2 Å². The van der Waals surface area contributed by atoms with Gasteiger partial charge in [-0.05, 0) is 35.7 Å². The summed E-state index contributed by atoms with van der Waals surface area (Å²) in [4.78, 5) is 16.0. The summed E-state index contributed by atoms with van der Waals surface area (Å²) in [6, 6.07) is 20.0. The number of rotatable bonds is 3. The number of benzene rings is 3. The van der Waals surface area contributed by atoms with E-state index >= 15 is 0 Å². The van der Waals surface area contributed by atoms with Gasteiger partial charge in [-0.2, -0.15) is 10.2 Å². The van der Waals surface area contributed by atoms with E-state index < -0.39 is 5.41 Å². The van der Waals surface area contributed by atoms with Crippen LogP contribution < -0.4 is 19.1 Å². The van der Waals surface area contributed by atoms with Gasteiger partial charge in [-0.25, -0.2) is 0 Å². The van der Waals surface area contributed by atoms with Crippen molar-refractivity contribution in [2.75, 3.05) is 18.3 Å². The van der Waals surface area contributed by atoms with Gasteiger partial charge in [0.1, 0.15) is 17.8 Å². The Kier molecular flexibility index (Phi) is 3.95. The van der Waals surface area contributed by atoms with E-state index in [1.807, 2.05) is 48.2 Å². The molecule has 1 amide bonds. The number of nitrogens with zero attached hydrogens (tertiary/aromatic N) is 3. The molecule has 0 aliphatic carbocycles. The summed E-state index contributed by atoms with van der Waals surface area (Å²) in [7, 11) is 0. The molecule has 0 N–H and O–H groups in total. The lowest BCUT2D eigenvalue weighted by atomic mass is 9.77. The van der Waals surface area contributed by atoms with Gasteiger partial charge in [0.15, 0.2) is 11.5 Å². The van der Waals surface area contributed by atoms with Crippen LogP contribution in [0.4, 0.5) is 5.69 Å². The van der Waals surface area contributed by atoms with E-state index in [-0.39, 0.29) is 19.3 Å². The summed E-state index contributed by atoms with van der Waals surface area (Å²) < 4.78 is 17.2. The Balaban J connectivity index is 1.25. The lowest BCUT2D eigenvalue weighted by Gasteiger charge is -2.23. The maximum absolute atomic E-state index is 14.1. The van der Waals surface area contributed by atoms with E-state index in [4.69, 9.17) is 14.2 Å². The smallest absolute Gasteiger partial charge is 0.246 e. The number of carbonyl (C=O) groups is 1. The zero-order valence-electron chi connectivity index (χ0n) is 18.6. The first-order valence-electron chi connectivity index (χ1n) is 11.3. The summed E-state index contributed by atoms with van der Waals surface area (Å²) in [5.41, 5.74) is 5.92. The summed E-state index contributed by atoms with van der Waals surface area (Å²) in [5, 5.41) is 8.40. The second-order valence-electron chi connectivity index (χ2n) is 9.06. The molecule has 4 aliphatic heterocycles. The van der Waals surface area contributed by atoms with E-state index in [1.54, 1.807) is 0 Å². The molecule has 0 bridgehead atoms. The molecular weight excluding hydrogens is 430 g/mol. The first kappa shape index (κ1) is 19.3. The van der Waals surface area contributed by atoms with E-state index in [9.17, 15) is 4.79 Å². The van der Waals surface area contributed by atoms with Crippen molar-refractivity contribution in [3.05, 3.63) is 82.9 Å². The molecule has 34 heavy (non-hydrogen) atoms. The Labute approximate surface area is 196 Å². The number of fused-ring (bicyclic) bond motifs is 5. The number of anilines is 1. The SMILES string of the molecule is CC1=NN=C(c2ccc(CN3C(=O)C4(COc5cc6c(cc54)OCO6)c4ccccc43)cc2)C1. The van der Waals surface area contributed by atoms with Crippen LogP contribution in [0.5, 0.6) is 17.2 Å². The number of carbonyl (C=O) groups excluding carboxylic acids is 1. The average Bonchev–Trinajstić information content (AvgIpc) is 3.63. The molecule has 4 heterocycles. The van der Waals surface area contributed by atoms with E-state index in [0.717, 1.165) is 45.8 Å². The molecule has 3 aromatic carbocycles. The van der Waals surface area contributed by atoms with Crippen molar-refractivity contribution in [3.8, 4) is 17.2 Å². The van der Waals surface area contributed by atoms with Gasteiger partial charge < -0.3 is 19.1 Å². The van der Waals surface area contributed by atoms with Crippen LogP contribution in [-0.4, -0.2) is 30.7 Å². The molecule has 0 saturated heterocycles. The third-order valence-electron chi connectivity index (χ3n) is 7.04. The van der Waals surface area contributed by atoms with Crippen LogP contribution in [0.1, 0.15) is 35.6 Å². The molecule has 4 aliphatic rings. The molecule has 0 fully saturated rings. The third kappa shape index (κ3) is 2.61. The number of hydrogen-bond acceptors (Lipinski definition) is 6. The highest BCUT2D eigenvalue weighted by Gasteiger charge is 2.57. The fraction of sp³-hybridized carbons (Fsp3) is 0.222. The van der Waals surface area contributed by atoms with Crippen molar-refractivity contribution in [2.45, 2.75) is 25.3 Å². The molecule has 1 atom stereocenters. The summed E-state index contributed by atoms with van der Waals surface area (Å²) in [6.07, 6.45) is 0.776. The van der Waals surface area contributed by atoms with Crippen LogP contribution in [0.2, 0.25) is 0 Å². The largest absolute Gasteiger partial charge is 0.491 e. The lowest BCUT2D eigenvalue weighted by molar-refractivity contribution is -0.122. The Morgan fingerprint density at radius 1 is 0.912 bits per heavy atom. The monoisotopic (exact) mass is 451 g/mol. The normalized spacial score (nSPS) is 21.4. The fourth-order valence-corrected chi connectivity index (χ4v) is 5.33. The third-order valence-corrected chi connectivity index (χ3v) is 7.04. The molecule has 0 radical (unpaired) electrons. The molecule has 168 valence electrons. The zero-order valence-corrected chi connectivity index (χ0v) is 18.6. The Hall–Kier alpha value is -4.13. The molecule has 1 spiro atoms. The van der Waals surface area contributed by atoms with Crippen LogP contribution in [-0.2, 0) is 16.8 Å². The predicted octanol–water partition coefficient (Wildman–Crippen LogP) is 4.21. The maximum atomic E-state index is 14.1. The second kappa shape index (κ2) is 6.93. The topological polar surface area (TPSA) is 72.7 Å². The van der Waals surface area contributed by atoms with Gasteiger partial charge in [0.25, 0.3) is 0 Å². The highest BCUT2D eigenvalue weighted by Crippen LogP contribution is 2.55. The first-order chi connectivity index (χ1) is 16.6. The van der Waals surface area contributed by atoms with Crippen LogP contribution in [0.3, 0.4) is 0 Å². The van der Waals surface area contributed by atoms with Crippen LogP contribution in [0, 0.1) is 0 Å². The maximum Gasteiger partial charge on any atom is 0.246 e. The number of hydrogen-bond donors (Lipinski definition) is 0. The predicted molar refractivity (Wildman–Crippen MR) is 127 cm³/mol. The van der Waals surface area contributed by atoms with E-state index in [0.29, 0.717) is 23.8 Å². The van der Waals surface area contributed by atoms with Crippen molar-refractivity contribution in [1.82, 2.24) is 0 Å². The molecular formula is C27H21N3O4. The number of ether oxygens (including phenoxy) is 3. The van der Waals surface area contributed by atoms with Crippen LogP contribution in [0.25, 0.3) is 0 Å². The van der Waals surface area contributed by atoms with Gasteiger partial charge in [-0.1, -0.05) is 42.5 Å². The van der Waals surface area contributed by atoms with Crippen LogP contribution >= 0.6 is 0 Å². The average molecular weight is 451 g/mol. The first-order valence-corrected chi connectivity index (χ1v) is 11.3. The lowest BCUT2D eigenvalue weighted by Crippen LogP contribution is -2.42. The standard InChI is InChI=1S/C27H21N3O4/c1-16-10-21(29-28-16)18-8-6-17(7-9-18)13-30-22-5-3-2-4-19(22)27(26(30)31)14-32-23-12-25-24(11-20(23)27)33-15-34-25/h2-9,11-12H,10,13-15H2,1H3. The molecule has 0 aromatic heterocycles. The second-order valence-corrected chi connectivity index (χ2v) is 9.06. The number of para-hydroxylation sites is 1. The zero-order chi connectivity index (χ0) is 22.9. The minimum absolute atomic E-state index is 0.0135. The fourth-order valence-electron chi connectivity index (χ4n) is 5.33. The van der Waals surface area contributed by atoms with Gasteiger partial charge in [-0.15, -0.1) is 0 Å². The van der Waals surface area contributed by atoms with Gasteiger partial charge in [0.05, 0.1) is 12.3 Å². The molecule has 1 unspecified atom stereocenters. The molecule has 7 nitrogen and oxygen atoms in total. The number of amides is 1. The molecule has 7 rings (SSSR count). The Morgan fingerprint density at radius 2 is 1.71 bits per heavy atom. The Morgan fingerprint density at radius 3 is 2.50 bits per heavy atom. The summed E-state index contributed by atoms with van der Waals surface area (Å²) >= 11 is 0. The summed E-state index contributed by atoms with van der Waals surface area (Å²) in [5.74, 6) is 1.99. The molecule has 7 heteroatoms. The highest BCUT2D eigenvalue weighted by molar-refractivity contribution is 6.14. The minimum Gasteiger partial charge on any atom is -0.491 e. The highest BCUT2D eigenvalue weighted by atomic mass is 16.7. The van der Waals surface area contributed by atoms with E-state index in [2.05, 4.69) is 34.5 Å². The van der Waals surface area contributed by atoms with E-state index in [1.165, 1.54) is 0 Å². The van der Waals surface area contributed by atoms with Gasteiger partial charge in [-0.3, -0.25) is 4.79 Å². The summed E-state index contributed by atoms with van der Waals surface area (Å²) in [6.45, 7) is 2.89. The molecule has 0 saturated carbocycles. The van der Waals surface area contributed by atoms with Gasteiger partial charge in [0, 0.05) is 29.4 Å². The van der Waals surface area contributed by atoms with Gasteiger partial charge >= 0.3 is 0 Å². The quantitative estimate of drug-likeness (QED) is 0.598. The van der Waals surface area contributed by atoms with Gasteiger partial charge in [0.2, 0.25) is 12.7 Å². The van der Waals surface area contributed by atoms with Crippen LogP contribution in [0.15, 0.2) is 70.9 Å². The van der Waals surface area contributed by atoms with Crippen molar-refractivity contribution in [3.63, 3.8) is 0 Å². The minimum atomic E-state index is -0.889. The van der Waals surface area contributed by atoms with Crippen molar-refractivity contribution < 1.29 is 19.0 Å². The Bertz CT molecular complexity index is 1430. The van der Waals surface area contributed by atoms with Crippen molar-refractivity contribution >= 4 is 23.0 Å².